The van der Waals surface area contributed by atoms with Crippen LogP contribution in [0.3, 0.4) is 0 Å². The molecule has 246 valence electrons. The highest BCUT2D eigenvalue weighted by molar-refractivity contribution is 6.35. The second kappa shape index (κ2) is 13.7. The van der Waals surface area contributed by atoms with Gasteiger partial charge in [0.25, 0.3) is 5.91 Å². The molecule has 47 heavy (non-hydrogen) atoms. The van der Waals surface area contributed by atoms with Crippen molar-refractivity contribution in [1.29, 1.82) is 0 Å². The van der Waals surface area contributed by atoms with E-state index in [4.69, 9.17) is 32.7 Å². The van der Waals surface area contributed by atoms with Gasteiger partial charge in [0.05, 0.1) is 35.5 Å². The van der Waals surface area contributed by atoms with Gasteiger partial charge in [0.1, 0.15) is 11.4 Å². The number of aryl methyl sites for hydroxylation is 5. The Bertz CT molecular complexity index is 1990. The van der Waals surface area contributed by atoms with E-state index in [0.717, 1.165) is 66.6 Å². The molecule has 2 N–H and O–H groups in total. The first-order valence-electron chi connectivity index (χ1n) is 15.3. The monoisotopic (exact) mass is 675 g/mol. The van der Waals surface area contributed by atoms with E-state index in [0.29, 0.717) is 41.4 Å². The van der Waals surface area contributed by atoms with Crippen LogP contribution in [0.2, 0.25) is 10.0 Å². The van der Waals surface area contributed by atoms with Gasteiger partial charge in [-0.05, 0) is 93.6 Å². The number of nitrogens with one attached hydrogen (secondary N) is 2. The lowest BCUT2D eigenvalue weighted by atomic mass is 9.98. The number of fused-ring (bicyclic) bond motifs is 1. The molecule has 1 amide bonds. The van der Waals surface area contributed by atoms with Crippen LogP contribution in [0.15, 0.2) is 42.5 Å². The van der Waals surface area contributed by atoms with Crippen molar-refractivity contribution in [3.63, 3.8) is 0 Å². The van der Waals surface area contributed by atoms with Crippen molar-refractivity contribution in [1.82, 2.24) is 14.8 Å². The summed E-state index contributed by atoms with van der Waals surface area (Å²) >= 11 is 13.2. The predicted molar refractivity (Wildman–Crippen MR) is 190 cm³/mol. The Balaban J connectivity index is 1.55. The second-order valence-corrected chi connectivity index (χ2v) is 12.7. The highest BCUT2D eigenvalue weighted by Gasteiger charge is 2.25. The molecule has 9 nitrogen and oxygen atoms in total. The van der Waals surface area contributed by atoms with Gasteiger partial charge in [-0.2, -0.15) is 5.10 Å². The van der Waals surface area contributed by atoms with Crippen LogP contribution in [-0.2, 0) is 18.2 Å². The molecule has 0 aliphatic heterocycles. The zero-order chi connectivity index (χ0) is 34.2. The van der Waals surface area contributed by atoms with Crippen LogP contribution in [0.1, 0.15) is 55.3 Å². The minimum Gasteiger partial charge on any atom is -0.494 e. The first kappa shape index (κ1) is 33.9. The first-order valence-corrected chi connectivity index (χ1v) is 16.0. The summed E-state index contributed by atoms with van der Waals surface area (Å²) < 4.78 is 12.9. The summed E-state index contributed by atoms with van der Waals surface area (Å²) in [7, 11) is 6.94. The summed E-state index contributed by atoms with van der Waals surface area (Å²) in [6.07, 6.45) is 1.19. The zero-order valence-corrected chi connectivity index (χ0v) is 29.4. The van der Waals surface area contributed by atoms with Gasteiger partial charge in [0.2, 0.25) is 0 Å². The Kier molecular flexibility index (Phi) is 9.89. The molecule has 0 unspecified atom stereocenters. The van der Waals surface area contributed by atoms with Gasteiger partial charge in [-0.15, -0.1) is 0 Å². The van der Waals surface area contributed by atoms with E-state index in [1.807, 2.05) is 82.7 Å². The van der Waals surface area contributed by atoms with Crippen molar-refractivity contribution < 1.29 is 19.1 Å². The van der Waals surface area contributed by atoms with Crippen LogP contribution in [0.25, 0.3) is 22.0 Å². The lowest BCUT2D eigenvalue weighted by Crippen LogP contribution is -2.17. The number of H-pyrrole nitrogens is 1. The van der Waals surface area contributed by atoms with Crippen molar-refractivity contribution >= 4 is 57.4 Å². The lowest BCUT2D eigenvalue weighted by Gasteiger charge is -2.16. The van der Waals surface area contributed by atoms with Gasteiger partial charge in [-0.3, -0.25) is 9.48 Å². The summed E-state index contributed by atoms with van der Waals surface area (Å²) in [5.74, 6) is -0.0994. The quantitative estimate of drug-likeness (QED) is 0.114. The number of carbonyl (C=O) groups excluding carboxylic acids is 2. The van der Waals surface area contributed by atoms with Crippen LogP contribution in [0, 0.1) is 27.7 Å². The number of esters is 1. The van der Waals surface area contributed by atoms with Gasteiger partial charge in [-0.25, -0.2) is 4.79 Å². The fourth-order valence-electron chi connectivity index (χ4n) is 5.93. The topological polar surface area (TPSA) is 101 Å². The third-order valence-corrected chi connectivity index (χ3v) is 9.29. The number of aromatic nitrogens is 3. The van der Waals surface area contributed by atoms with Crippen molar-refractivity contribution in [2.24, 2.45) is 7.05 Å². The number of halogens is 2. The largest absolute Gasteiger partial charge is 0.494 e. The van der Waals surface area contributed by atoms with Crippen LogP contribution in [-0.4, -0.2) is 54.5 Å². The Hall–Kier alpha value is -4.47. The summed E-state index contributed by atoms with van der Waals surface area (Å²) in [5.41, 5.74) is 8.91. The number of rotatable bonds is 10. The van der Waals surface area contributed by atoms with Crippen LogP contribution in [0.4, 0.5) is 11.4 Å². The van der Waals surface area contributed by atoms with Gasteiger partial charge in [-0.1, -0.05) is 29.3 Å². The number of nitrogens with zero attached hydrogens (tertiary/aromatic N) is 3. The Labute approximate surface area is 284 Å². The molecule has 0 saturated carbocycles. The molecule has 0 spiro atoms. The molecule has 2 aromatic heterocycles. The molecule has 0 bridgehead atoms. The molecule has 0 aliphatic carbocycles. The fraction of sp³-hybridized carbons (Fsp3) is 0.306. The van der Waals surface area contributed by atoms with Crippen LogP contribution >= 0.6 is 23.2 Å². The Morgan fingerprint density at radius 3 is 2.32 bits per heavy atom. The van der Waals surface area contributed by atoms with Crippen molar-refractivity contribution in [2.45, 2.75) is 40.5 Å². The molecule has 11 heteroatoms. The third kappa shape index (κ3) is 6.82. The van der Waals surface area contributed by atoms with Gasteiger partial charge in [0, 0.05) is 59.7 Å². The van der Waals surface area contributed by atoms with Gasteiger partial charge in [0.15, 0.2) is 0 Å². The van der Waals surface area contributed by atoms with E-state index < -0.39 is 5.97 Å². The molecule has 2 heterocycles. The fourth-order valence-corrected chi connectivity index (χ4v) is 6.29. The maximum Gasteiger partial charge on any atom is 0.337 e. The second-order valence-electron chi connectivity index (χ2n) is 11.9. The van der Waals surface area contributed by atoms with Crippen molar-refractivity contribution in [3.05, 3.63) is 91.8 Å². The zero-order valence-electron chi connectivity index (χ0n) is 27.9. The Morgan fingerprint density at radius 1 is 1.00 bits per heavy atom. The molecule has 0 fully saturated rings. The van der Waals surface area contributed by atoms with Crippen molar-refractivity contribution in [3.8, 4) is 16.9 Å². The molecule has 0 aliphatic rings. The molecule has 3 aromatic carbocycles. The summed E-state index contributed by atoms with van der Waals surface area (Å²) in [4.78, 5) is 31.8. The van der Waals surface area contributed by atoms with Gasteiger partial charge < -0.3 is 24.7 Å². The standard InChI is InChI=1S/C36H39Cl2N5O4/c1-19-14-26(15-20(2)32(19)38)47-13-9-10-27-28-11-12-29(37)31(30-21(3)41-43(7)22(30)4)33(28)40-34(27)35(44)39-24-16-23(36(45)46-8)17-25(18-24)42(5)6/h11-12,14-18,40H,9-10,13H2,1-8H3,(H,39,44). The van der Waals surface area contributed by atoms with Gasteiger partial charge >= 0.3 is 5.97 Å². The number of carbonyl (C=O) groups is 2. The van der Waals surface area contributed by atoms with Crippen LogP contribution < -0.4 is 15.0 Å². The maximum absolute atomic E-state index is 14.1. The van der Waals surface area contributed by atoms with E-state index in [-0.39, 0.29) is 5.91 Å². The molecule has 5 rings (SSSR count). The average Bonchev–Trinajstić information content (AvgIpc) is 3.52. The molecule has 0 radical (unpaired) electrons. The third-order valence-electron chi connectivity index (χ3n) is 8.38. The minimum atomic E-state index is -0.497. The number of hydrogen-bond donors (Lipinski definition) is 2. The number of amides is 1. The first-order chi connectivity index (χ1) is 22.3. The molecular formula is C36H39Cl2N5O4. The number of aromatic amines is 1. The number of hydrogen-bond acceptors (Lipinski definition) is 6. The highest BCUT2D eigenvalue weighted by atomic mass is 35.5. The number of anilines is 2. The summed E-state index contributed by atoms with van der Waals surface area (Å²) in [6.45, 7) is 8.29. The summed E-state index contributed by atoms with van der Waals surface area (Å²) in [5, 5.41) is 9.79. The highest BCUT2D eigenvalue weighted by Crippen LogP contribution is 2.40. The van der Waals surface area contributed by atoms with E-state index in [9.17, 15) is 9.59 Å². The predicted octanol–water partition coefficient (Wildman–Crippen LogP) is 8.23. The normalized spacial score (nSPS) is 11.2. The smallest absolute Gasteiger partial charge is 0.337 e. The maximum atomic E-state index is 14.1. The number of benzene rings is 3. The Morgan fingerprint density at radius 2 is 1.70 bits per heavy atom. The van der Waals surface area contributed by atoms with Crippen LogP contribution in [0.5, 0.6) is 5.75 Å². The van der Waals surface area contributed by atoms with E-state index >= 15 is 0 Å². The average molecular weight is 677 g/mol. The SMILES string of the molecule is COC(=O)c1cc(NC(=O)c2[nH]c3c(-c4c(C)nn(C)c4C)c(Cl)ccc3c2CCCOc2cc(C)c(Cl)c(C)c2)cc(N(C)C)c1. The van der Waals surface area contributed by atoms with E-state index in [1.54, 1.807) is 18.2 Å². The molecule has 0 atom stereocenters. The molecule has 5 aromatic rings. The lowest BCUT2D eigenvalue weighted by molar-refractivity contribution is 0.0600. The molecule has 0 saturated heterocycles. The van der Waals surface area contributed by atoms with E-state index in [1.165, 1.54) is 7.11 Å². The minimum absolute atomic E-state index is 0.326. The number of methoxy groups -OCH3 is 1. The molecular weight excluding hydrogens is 637 g/mol. The van der Waals surface area contributed by atoms with E-state index in [2.05, 4.69) is 15.4 Å². The number of ether oxygens (including phenoxy) is 2. The van der Waals surface area contributed by atoms with Crippen molar-refractivity contribution in [2.75, 3.05) is 38.0 Å². The summed E-state index contributed by atoms with van der Waals surface area (Å²) in [6, 6.07) is 12.8.